The van der Waals surface area contributed by atoms with Crippen LogP contribution < -0.4 is 11.1 Å². The molecule has 0 heterocycles. The summed E-state index contributed by atoms with van der Waals surface area (Å²) in [5.41, 5.74) is 6.28. The van der Waals surface area contributed by atoms with Crippen molar-refractivity contribution in [3.05, 3.63) is 28.5 Å². The van der Waals surface area contributed by atoms with Crippen LogP contribution in [0.5, 0.6) is 0 Å². The zero-order valence-corrected chi connectivity index (χ0v) is 10.6. The first-order chi connectivity index (χ1) is 7.70. The van der Waals surface area contributed by atoms with Gasteiger partial charge in [0.25, 0.3) is 0 Å². The lowest BCUT2D eigenvalue weighted by Crippen LogP contribution is -2.29. The van der Waals surface area contributed by atoms with Crippen molar-refractivity contribution in [2.24, 2.45) is 11.7 Å². The lowest BCUT2D eigenvalue weighted by Gasteiger charge is -2.21. The Hall–Kier alpha value is -0.610. The molecule has 0 saturated heterocycles. The third-order valence-corrected chi connectivity index (χ3v) is 3.73. The number of nitrogens with one attached hydrogen (secondary N) is 1. The highest BCUT2D eigenvalue weighted by Crippen LogP contribution is 2.29. The van der Waals surface area contributed by atoms with Gasteiger partial charge in [0.15, 0.2) is 0 Å². The molecule has 1 fully saturated rings. The van der Waals surface area contributed by atoms with Crippen molar-refractivity contribution >= 4 is 21.6 Å². The zero-order valence-electron chi connectivity index (χ0n) is 9.05. The summed E-state index contributed by atoms with van der Waals surface area (Å²) < 4.78 is 14.4. The molecule has 2 nitrogen and oxygen atoms in total. The highest BCUT2D eigenvalue weighted by Gasteiger charge is 2.26. The van der Waals surface area contributed by atoms with E-state index in [0.29, 0.717) is 24.2 Å². The first-order valence-corrected chi connectivity index (χ1v) is 6.41. The molecule has 1 aromatic carbocycles. The SMILES string of the molecule is NCC1CCCC1Nc1ccc(Br)cc1F. The predicted octanol–water partition coefficient (Wildman–Crippen LogP) is 3.13. The van der Waals surface area contributed by atoms with Gasteiger partial charge < -0.3 is 11.1 Å². The van der Waals surface area contributed by atoms with Crippen LogP contribution in [0.3, 0.4) is 0 Å². The average molecular weight is 287 g/mol. The normalized spacial score (nSPS) is 24.7. The van der Waals surface area contributed by atoms with Gasteiger partial charge in [-0.1, -0.05) is 22.4 Å². The number of anilines is 1. The molecule has 3 N–H and O–H groups in total. The van der Waals surface area contributed by atoms with E-state index in [2.05, 4.69) is 21.2 Å². The molecule has 1 aliphatic carbocycles. The molecule has 2 unspecified atom stereocenters. The highest BCUT2D eigenvalue weighted by atomic mass is 79.9. The topological polar surface area (TPSA) is 38.0 Å². The Morgan fingerprint density at radius 2 is 2.25 bits per heavy atom. The largest absolute Gasteiger partial charge is 0.380 e. The third kappa shape index (κ3) is 2.55. The van der Waals surface area contributed by atoms with Gasteiger partial charge in [0.05, 0.1) is 5.69 Å². The summed E-state index contributed by atoms with van der Waals surface area (Å²) in [6.07, 6.45) is 3.40. The van der Waals surface area contributed by atoms with Gasteiger partial charge in [-0.3, -0.25) is 0 Å². The van der Waals surface area contributed by atoms with Crippen molar-refractivity contribution in [1.29, 1.82) is 0 Å². The highest BCUT2D eigenvalue weighted by molar-refractivity contribution is 9.10. The summed E-state index contributed by atoms with van der Waals surface area (Å²) in [6, 6.07) is 5.42. The van der Waals surface area contributed by atoms with Crippen molar-refractivity contribution in [3.63, 3.8) is 0 Å². The Labute approximate surface area is 104 Å². The minimum atomic E-state index is -0.211. The molecule has 1 aliphatic rings. The van der Waals surface area contributed by atoms with E-state index in [-0.39, 0.29) is 5.82 Å². The summed E-state index contributed by atoms with van der Waals surface area (Å²) in [6.45, 7) is 0.676. The van der Waals surface area contributed by atoms with E-state index < -0.39 is 0 Å². The first kappa shape index (κ1) is 11.9. The van der Waals surface area contributed by atoms with Crippen LogP contribution in [0.25, 0.3) is 0 Å². The Bertz CT molecular complexity index is 370. The standard InChI is InChI=1S/C12H16BrFN2/c13-9-4-5-12(10(14)6-9)16-11-3-1-2-8(11)7-15/h4-6,8,11,16H,1-3,7,15H2. The van der Waals surface area contributed by atoms with Gasteiger partial charge in [0, 0.05) is 10.5 Å². The van der Waals surface area contributed by atoms with Crippen LogP contribution in [-0.2, 0) is 0 Å². The Balaban J connectivity index is 2.08. The molecule has 1 aromatic rings. The number of halogens is 2. The number of rotatable bonds is 3. The number of hydrogen-bond donors (Lipinski definition) is 2. The van der Waals surface area contributed by atoms with Gasteiger partial charge in [0.1, 0.15) is 5.82 Å². The molecule has 2 rings (SSSR count). The molecule has 16 heavy (non-hydrogen) atoms. The second-order valence-electron chi connectivity index (χ2n) is 4.30. The van der Waals surface area contributed by atoms with Crippen LogP contribution in [0.4, 0.5) is 10.1 Å². The third-order valence-electron chi connectivity index (χ3n) is 3.23. The molecule has 0 aliphatic heterocycles. The van der Waals surface area contributed by atoms with Gasteiger partial charge in [0.2, 0.25) is 0 Å². The fraction of sp³-hybridized carbons (Fsp3) is 0.500. The second kappa shape index (κ2) is 5.15. The van der Waals surface area contributed by atoms with Crippen LogP contribution in [0.15, 0.2) is 22.7 Å². The van der Waals surface area contributed by atoms with Gasteiger partial charge in [-0.15, -0.1) is 0 Å². The minimum absolute atomic E-state index is 0.211. The van der Waals surface area contributed by atoms with Crippen molar-refractivity contribution in [3.8, 4) is 0 Å². The lowest BCUT2D eigenvalue weighted by atomic mass is 10.0. The molecule has 88 valence electrons. The molecular formula is C12H16BrFN2. The molecule has 0 amide bonds. The Morgan fingerprint density at radius 3 is 2.94 bits per heavy atom. The van der Waals surface area contributed by atoms with Crippen molar-refractivity contribution < 1.29 is 4.39 Å². The van der Waals surface area contributed by atoms with Crippen LogP contribution in [0.2, 0.25) is 0 Å². The molecule has 1 saturated carbocycles. The molecule has 4 heteroatoms. The van der Waals surface area contributed by atoms with Crippen LogP contribution in [0.1, 0.15) is 19.3 Å². The van der Waals surface area contributed by atoms with E-state index >= 15 is 0 Å². The summed E-state index contributed by atoms with van der Waals surface area (Å²) in [7, 11) is 0. The lowest BCUT2D eigenvalue weighted by molar-refractivity contribution is 0.513. The van der Waals surface area contributed by atoms with E-state index in [4.69, 9.17) is 5.73 Å². The number of hydrogen-bond acceptors (Lipinski definition) is 2. The van der Waals surface area contributed by atoms with Crippen LogP contribution in [-0.4, -0.2) is 12.6 Å². The Morgan fingerprint density at radius 1 is 1.44 bits per heavy atom. The van der Waals surface area contributed by atoms with Gasteiger partial charge in [-0.05, 0) is 43.5 Å². The quantitative estimate of drug-likeness (QED) is 0.896. The smallest absolute Gasteiger partial charge is 0.147 e. The van der Waals surface area contributed by atoms with Crippen molar-refractivity contribution in [2.45, 2.75) is 25.3 Å². The van der Waals surface area contributed by atoms with E-state index in [0.717, 1.165) is 17.3 Å². The monoisotopic (exact) mass is 286 g/mol. The van der Waals surface area contributed by atoms with Gasteiger partial charge in [-0.2, -0.15) is 0 Å². The van der Waals surface area contributed by atoms with E-state index in [9.17, 15) is 4.39 Å². The zero-order chi connectivity index (χ0) is 11.5. The second-order valence-corrected chi connectivity index (χ2v) is 5.22. The van der Waals surface area contributed by atoms with Crippen molar-refractivity contribution in [2.75, 3.05) is 11.9 Å². The van der Waals surface area contributed by atoms with Crippen LogP contribution >= 0.6 is 15.9 Å². The van der Waals surface area contributed by atoms with E-state index in [1.54, 1.807) is 6.07 Å². The van der Waals surface area contributed by atoms with Crippen LogP contribution in [0, 0.1) is 11.7 Å². The summed E-state index contributed by atoms with van der Waals surface area (Å²) in [5, 5.41) is 3.26. The number of nitrogens with two attached hydrogens (primary N) is 1. The van der Waals surface area contributed by atoms with Gasteiger partial charge >= 0.3 is 0 Å². The maximum atomic E-state index is 13.6. The fourth-order valence-electron chi connectivity index (χ4n) is 2.32. The molecule has 0 bridgehead atoms. The van der Waals surface area contributed by atoms with E-state index in [1.165, 1.54) is 12.5 Å². The molecule has 0 aromatic heterocycles. The molecule has 0 spiro atoms. The Kier molecular flexibility index (Phi) is 3.82. The fourth-order valence-corrected chi connectivity index (χ4v) is 2.65. The number of benzene rings is 1. The molecule has 2 atom stereocenters. The summed E-state index contributed by atoms with van der Waals surface area (Å²) in [5.74, 6) is 0.264. The first-order valence-electron chi connectivity index (χ1n) is 5.62. The summed E-state index contributed by atoms with van der Waals surface area (Å²) in [4.78, 5) is 0. The van der Waals surface area contributed by atoms with E-state index in [1.807, 2.05) is 6.07 Å². The molecular weight excluding hydrogens is 271 g/mol. The van der Waals surface area contributed by atoms with Crippen molar-refractivity contribution in [1.82, 2.24) is 0 Å². The maximum absolute atomic E-state index is 13.6. The predicted molar refractivity (Wildman–Crippen MR) is 67.9 cm³/mol. The minimum Gasteiger partial charge on any atom is -0.380 e. The summed E-state index contributed by atoms with van der Waals surface area (Å²) >= 11 is 3.25. The van der Waals surface area contributed by atoms with Gasteiger partial charge in [-0.25, -0.2) is 4.39 Å². The maximum Gasteiger partial charge on any atom is 0.147 e. The average Bonchev–Trinajstić information content (AvgIpc) is 2.69. The molecule has 0 radical (unpaired) electrons.